The van der Waals surface area contributed by atoms with Crippen LogP contribution in [0.3, 0.4) is 0 Å². The Morgan fingerprint density at radius 2 is 1.97 bits per heavy atom. The number of esters is 1. The van der Waals surface area contributed by atoms with E-state index in [-0.39, 0.29) is 28.7 Å². The van der Waals surface area contributed by atoms with E-state index < -0.39 is 12.0 Å². The van der Waals surface area contributed by atoms with Gasteiger partial charge in [0.1, 0.15) is 17.5 Å². The number of hydrogen-bond donors (Lipinski definition) is 1. The van der Waals surface area contributed by atoms with Gasteiger partial charge in [0.05, 0.1) is 32.6 Å². The number of amides is 1. The van der Waals surface area contributed by atoms with Crippen molar-refractivity contribution in [2.75, 3.05) is 27.1 Å². The van der Waals surface area contributed by atoms with E-state index in [0.29, 0.717) is 17.1 Å². The lowest BCUT2D eigenvalue weighted by Crippen LogP contribution is -2.46. The van der Waals surface area contributed by atoms with Gasteiger partial charge in [-0.15, -0.1) is 10.2 Å². The van der Waals surface area contributed by atoms with E-state index in [0.717, 1.165) is 18.2 Å². The molecular weight excluding hydrogens is 398 g/mol. The maximum absolute atomic E-state index is 12.3. The molecule has 1 heterocycles. The number of nitrogens with one attached hydrogen (secondary N) is 1. The fourth-order valence-electron chi connectivity index (χ4n) is 2.49. The van der Waals surface area contributed by atoms with Gasteiger partial charge in [-0.05, 0) is 18.1 Å². The van der Waals surface area contributed by atoms with E-state index in [4.69, 9.17) is 18.6 Å². The van der Waals surface area contributed by atoms with Crippen LogP contribution in [0.25, 0.3) is 11.5 Å². The third kappa shape index (κ3) is 5.86. The van der Waals surface area contributed by atoms with E-state index in [1.807, 2.05) is 13.8 Å². The van der Waals surface area contributed by atoms with Gasteiger partial charge in [0.15, 0.2) is 0 Å². The van der Waals surface area contributed by atoms with Gasteiger partial charge in [-0.25, -0.2) is 4.79 Å². The minimum atomic E-state index is -0.695. The quantitative estimate of drug-likeness (QED) is 0.455. The number of hydrogen-bond acceptors (Lipinski definition) is 9. The summed E-state index contributed by atoms with van der Waals surface area (Å²) in [6.07, 6.45) is 0.726. The average molecular weight is 423 g/mol. The fourth-order valence-corrected chi connectivity index (χ4v) is 3.07. The van der Waals surface area contributed by atoms with Crippen LogP contribution < -0.4 is 14.8 Å². The Kier molecular flexibility index (Phi) is 8.32. The standard InChI is InChI=1S/C19H25N3O6S/c1-6-11(2)16(18(24)27-5)20-15(23)10-29-19-22-21-17(28-19)13-8-7-12(25-3)9-14(13)26-4/h7-9,11,16H,6,10H2,1-5H3,(H,20,23)/t11-,16-/m0/s1. The van der Waals surface area contributed by atoms with E-state index in [1.165, 1.54) is 14.2 Å². The summed E-state index contributed by atoms with van der Waals surface area (Å²) in [6.45, 7) is 3.82. The number of benzene rings is 1. The highest BCUT2D eigenvalue weighted by molar-refractivity contribution is 7.99. The van der Waals surface area contributed by atoms with Crippen molar-refractivity contribution >= 4 is 23.6 Å². The van der Waals surface area contributed by atoms with Gasteiger partial charge in [-0.1, -0.05) is 32.0 Å². The summed E-state index contributed by atoms with van der Waals surface area (Å²) >= 11 is 1.08. The zero-order valence-corrected chi connectivity index (χ0v) is 17.9. The summed E-state index contributed by atoms with van der Waals surface area (Å²) in [7, 11) is 4.39. The van der Waals surface area contributed by atoms with E-state index in [9.17, 15) is 9.59 Å². The molecule has 10 heteroatoms. The number of carbonyl (C=O) groups excluding carboxylic acids is 2. The van der Waals surface area contributed by atoms with Gasteiger partial charge < -0.3 is 23.9 Å². The zero-order valence-electron chi connectivity index (χ0n) is 17.1. The molecule has 0 bridgehead atoms. The molecule has 1 N–H and O–H groups in total. The lowest BCUT2D eigenvalue weighted by atomic mass is 9.99. The summed E-state index contributed by atoms with van der Waals surface area (Å²) in [5, 5.41) is 10.9. The minimum Gasteiger partial charge on any atom is -0.497 e. The third-order valence-electron chi connectivity index (χ3n) is 4.36. The fraction of sp³-hybridized carbons (Fsp3) is 0.474. The molecule has 1 amide bonds. The second kappa shape index (κ2) is 10.7. The van der Waals surface area contributed by atoms with E-state index >= 15 is 0 Å². The molecule has 0 radical (unpaired) electrons. The number of aromatic nitrogens is 2. The second-order valence-corrected chi connectivity index (χ2v) is 7.11. The van der Waals surface area contributed by atoms with Crippen LogP contribution in [0.5, 0.6) is 11.5 Å². The molecule has 0 fully saturated rings. The molecule has 2 rings (SSSR count). The normalized spacial score (nSPS) is 12.7. The van der Waals surface area contributed by atoms with Crippen LogP contribution in [0.15, 0.2) is 27.8 Å². The zero-order chi connectivity index (χ0) is 21.4. The number of ether oxygens (including phenoxy) is 3. The van der Waals surface area contributed by atoms with Crippen molar-refractivity contribution in [2.24, 2.45) is 5.92 Å². The van der Waals surface area contributed by atoms with E-state index in [1.54, 1.807) is 25.3 Å². The van der Waals surface area contributed by atoms with Crippen LogP contribution in [0.1, 0.15) is 20.3 Å². The number of thioether (sulfide) groups is 1. The smallest absolute Gasteiger partial charge is 0.328 e. The molecule has 1 aromatic heterocycles. The number of nitrogens with zero attached hydrogens (tertiary/aromatic N) is 2. The van der Waals surface area contributed by atoms with Gasteiger partial charge >= 0.3 is 5.97 Å². The van der Waals surface area contributed by atoms with E-state index in [2.05, 4.69) is 15.5 Å². The summed E-state index contributed by atoms with van der Waals surface area (Å²) < 4.78 is 20.9. The summed E-state index contributed by atoms with van der Waals surface area (Å²) in [5.41, 5.74) is 0.611. The summed E-state index contributed by atoms with van der Waals surface area (Å²) in [6, 6.07) is 4.52. The van der Waals surface area contributed by atoms with Crippen molar-refractivity contribution in [1.82, 2.24) is 15.5 Å². The Balaban J connectivity index is 2.02. The van der Waals surface area contributed by atoms with Crippen LogP contribution in [0.4, 0.5) is 0 Å². The Bertz CT molecular complexity index is 841. The predicted octanol–water partition coefficient (Wildman–Crippen LogP) is 2.55. The van der Waals surface area contributed by atoms with Crippen LogP contribution in [0.2, 0.25) is 0 Å². The molecule has 2 atom stereocenters. The Labute approximate surface area is 173 Å². The highest BCUT2D eigenvalue weighted by atomic mass is 32.2. The molecule has 0 aliphatic heterocycles. The average Bonchev–Trinajstić information content (AvgIpc) is 3.23. The molecular formula is C19H25N3O6S. The minimum absolute atomic E-state index is 0.0192. The molecule has 0 unspecified atom stereocenters. The van der Waals surface area contributed by atoms with Gasteiger partial charge in [0.25, 0.3) is 11.1 Å². The first kappa shape index (κ1) is 22.5. The Hall–Kier alpha value is -2.75. The molecule has 0 aliphatic carbocycles. The van der Waals surface area contributed by atoms with Gasteiger partial charge in [-0.3, -0.25) is 4.79 Å². The molecule has 29 heavy (non-hydrogen) atoms. The molecule has 0 aliphatic rings. The SMILES string of the molecule is CC[C@H](C)[C@H](NC(=O)CSc1nnc(-c2ccc(OC)cc2OC)o1)C(=O)OC. The molecule has 0 saturated heterocycles. The molecule has 0 spiro atoms. The number of methoxy groups -OCH3 is 3. The summed E-state index contributed by atoms with van der Waals surface area (Å²) in [5.74, 6) is 0.602. The van der Waals surface area contributed by atoms with Crippen LogP contribution >= 0.6 is 11.8 Å². The molecule has 1 aromatic carbocycles. The van der Waals surface area contributed by atoms with Crippen molar-refractivity contribution in [3.05, 3.63) is 18.2 Å². The maximum Gasteiger partial charge on any atom is 0.328 e. The first-order valence-electron chi connectivity index (χ1n) is 8.99. The Morgan fingerprint density at radius 3 is 2.59 bits per heavy atom. The molecule has 0 saturated carbocycles. The number of rotatable bonds is 10. The monoisotopic (exact) mass is 423 g/mol. The van der Waals surface area contributed by atoms with Crippen molar-refractivity contribution in [3.63, 3.8) is 0 Å². The van der Waals surface area contributed by atoms with Crippen LogP contribution in [-0.4, -0.2) is 55.2 Å². The van der Waals surface area contributed by atoms with Gasteiger partial charge in [0, 0.05) is 6.07 Å². The lowest BCUT2D eigenvalue weighted by molar-refractivity contribution is -0.146. The number of carbonyl (C=O) groups is 2. The van der Waals surface area contributed by atoms with Crippen molar-refractivity contribution in [3.8, 4) is 23.0 Å². The van der Waals surface area contributed by atoms with Crippen molar-refractivity contribution < 1.29 is 28.2 Å². The van der Waals surface area contributed by atoms with Crippen molar-refractivity contribution in [2.45, 2.75) is 31.5 Å². The highest BCUT2D eigenvalue weighted by Crippen LogP contribution is 2.33. The lowest BCUT2D eigenvalue weighted by Gasteiger charge is -2.21. The molecule has 2 aromatic rings. The van der Waals surface area contributed by atoms with Crippen LogP contribution in [-0.2, 0) is 14.3 Å². The second-order valence-electron chi connectivity index (χ2n) is 6.18. The predicted molar refractivity (Wildman–Crippen MR) is 107 cm³/mol. The first-order valence-corrected chi connectivity index (χ1v) is 9.97. The highest BCUT2D eigenvalue weighted by Gasteiger charge is 2.26. The molecule has 158 valence electrons. The van der Waals surface area contributed by atoms with Crippen molar-refractivity contribution in [1.29, 1.82) is 0 Å². The van der Waals surface area contributed by atoms with Crippen LogP contribution in [0, 0.1) is 5.92 Å². The van der Waals surface area contributed by atoms with Gasteiger partial charge in [-0.2, -0.15) is 0 Å². The van der Waals surface area contributed by atoms with Gasteiger partial charge in [0.2, 0.25) is 5.91 Å². The third-order valence-corrected chi connectivity index (χ3v) is 5.18. The molecule has 9 nitrogen and oxygen atoms in total. The summed E-state index contributed by atoms with van der Waals surface area (Å²) in [4.78, 5) is 24.1. The Morgan fingerprint density at radius 1 is 1.21 bits per heavy atom. The maximum atomic E-state index is 12.3. The largest absolute Gasteiger partial charge is 0.497 e. The first-order chi connectivity index (χ1) is 13.9. The topological polar surface area (TPSA) is 113 Å².